The van der Waals surface area contributed by atoms with Crippen LogP contribution in [0.3, 0.4) is 0 Å². The van der Waals surface area contributed by atoms with E-state index in [1.165, 1.54) is 0 Å². The molecule has 0 atom stereocenters. The quantitative estimate of drug-likeness (QED) is 0.763. The van der Waals surface area contributed by atoms with Crippen LogP contribution >= 0.6 is 0 Å². The van der Waals surface area contributed by atoms with Crippen LogP contribution < -0.4 is 0 Å². The average Bonchev–Trinajstić information content (AvgIpc) is 1.97. The minimum absolute atomic E-state index is 0.254. The Balaban J connectivity index is 4.79. The first-order valence-electron chi connectivity index (χ1n) is 6.07. The number of hydrogen-bond acceptors (Lipinski definition) is 2. The van der Waals surface area contributed by atoms with Gasteiger partial charge in [0.2, 0.25) is 0 Å². The van der Waals surface area contributed by atoms with Crippen LogP contribution in [0.25, 0.3) is 0 Å². The molecule has 86 valence electrons. The molecule has 0 aliphatic heterocycles. The summed E-state index contributed by atoms with van der Waals surface area (Å²) in [7, 11) is 0. The summed E-state index contributed by atoms with van der Waals surface area (Å²) >= 11 is 0. The molecular formula is C12H26O2. The Morgan fingerprint density at radius 1 is 1.00 bits per heavy atom. The van der Waals surface area contributed by atoms with Crippen LogP contribution in [0, 0.1) is 10.8 Å². The summed E-state index contributed by atoms with van der Waals surface area (Å²) in [6, 6.07) is 0. The predicted octanol–water partition coefficient (Wildman–Crippen LogP) is 2.85. The molecule has 0 saturated carbocycles. The first-order valence-corrected chi connectivity index (χ1v) is 5.07. The van der Waals surface area contributed by atoms with Crippen LogP contribution in [0.5, 0.6) is 0 Å². The van der Waals surface area contributed by atoms with E-state index in [9.17, 15) is 5.11 Å². The van der Waals surface area contributed by atoms with Crippen LogP contribution in [-0.4, -0.2) is 23.9 Å². The topological polar surface area (TPSA) is 29.5 Å². The third kappa shape index (κ3) is 3.97. The Bertz CT molecular complexity index is 234. The Morgan fingerprint density at radius 3 is 1.71 bits per heavy atom. The lowest BCUT2D eigenvalue weighted by atomic mass is 9.69. The fourth-order valence-electron chi connectivity index (χ4n) is 0.729. The third-order valence-corrected chi connectivity index (χ3v) is 2.84. The summed E-state index contributed by atoms with van der Waals surface area (Å²) in [6.45, 7) is 11.3. The maximum Gasteiger partial charge on any atom is 0.0598 e. The Hall–Kier alpha value is -0.0800. The standard InChI is InChI=1S/C12H26O2/c1-10(2,3)14-9-12(6,7)11(4,5)8-13/h13H,8-9H2,1-7H3/i8D2. The molecule has 0 radical (unpaired) electrons. The number of ether oxygens (including phenoxy) is 1. The van der Waals surface area contributed by atoms with E-state index in [0.717, 1.165) is 0 Å². The molecule has 0 fully saturated rings. The van der Waals surface area contributed by atoms with Crippen molar-refractivity contribution in [3.63, 3.8) is 0 Å². The summed E-state index contributed by atoms with van der Waals surface area (Å²) in [6.07, 6.45) is 0. The maximum absolute atomic E-state index is 9.59. The Morgan fingerprint density at radius 2 is 1.43 bits per heavy atom. The molecular weight excluding hydrogens is 176 g/mol. The summed E-state index contributed by atoms with van der Waals surface area (Å²) in [5.41, 5.74) is -1.60. The van der Waals surface area contributed by atoms with E-state index in [1.54, 1.807) is 13.8 Å². The molecule has 14 heavy (non-hydrogen) atoms. The van der Waals surface area contributed by atoms with Crippen molar-refractivity contribution >= 4 is 0 Å². The van der Waals surface area contributed by atoms with Gasteiger partial charge in [-0.2, -0.15) is 0 Å². The smallest absolute Gasteiger partial charge is 0.0598 e. The summed E-state index contributed by atoms with van der Waals surface area (Å²) in [5.74, 6) is 0. The minimum atomic E-state index is -2.22. The fourth-order valence-corrected chi connectivity index (χ4v) is 0.729. The zero-order valence-electron chi connectivity index (χ0n) is 12.6. The van der Waals surface area contributed by atoms with Crippen molar-refractivity contribution in [1.29, 1.82) is 0 Å². The third-order valence-electron chi connectivity index (χ3n) is 2.84. The van der Waals surface area contributed by atoms with E-state index in [-0.39, 0.29) is 5.60 Å². The van der Waals surface area contributed by atoms with Gasteiger partial charge in [0, 0.05) is 6.56 Å². The zero-order valence-corrected chi connectivity index (χ0v) is 10.6. The van der Waals surface area contributed by atoms with Gasteiger partial charge in [-0.15, -0.1) is 0 Å². The average molecular weight is 204 g/mol. The highest BCUT2D eigenvalue weighted by atomic mass is 16.5. The van der Waals surface area contributed by atoms with Crippen molar-refractivity contribution in [2.45, 2.75) is 54.1 Å². The SMILES string of the molecule is [2H]C([2H])(O)C(C)(C)C(C)(C)COC(C)(C)C. The van der Waals surface area contributed by atoms with Crippen LogP contribution in [0.4, 0.5) is 0 Å². The van der Waals surface area contributed by atoms with E-state index < -0.39 is 17.4 Å². The predicted molar refractivity (Wildman–Crippen MR) is 60.4 cm³/mol. The largest absolute Gasteiger partial charge is 0.396 e. The van der Waals surface area contributed by atoms with E-state index in [2.05, 4.69) is 0 Å². The van der Waals surface area contributed by atoms with E-state index in [1.807, 2.05) is 34.6 Å². The van der Waals surface area contributed by atoms with Crippen LogP contribution in [0.15, 0.2) is 0 Å². The molecule has 0 rings (SSSR count). The molecule has 0 aromatic heterocycles. The Labute approximate surface area is 91.5 Å². The summed E-state index contributed by atoms with van der Waals surface area (Å²) in [4.78, 5) is 0. The molecule has 0 unspecified atom stereocenters. The van der Waals surface area contributed by atoms with E-state index >= 15 is 0 Å². The van der Waals surface area contributed by atoms with Gasteiger partial charge in [0.05, 0.1) is 14.9 Å². The van der Waals surface area contributed by atoms with Crippen molar-refractivity contribution in [2.75, 3.05) is 13.2 Å². The first-order chi connectivity index (χ1) is 6.71. The van der Waals surface area contributed by atoms with Crippen LogP contribution in [0.2, 0.25) is 0 Å². The van der Waals surface area contributed by atoms with Crippen molar-refractivity contribution < 1.29 is 12.6 Å². The normalized spacial score (nSPS) is 17.7. The van der Waals surface area contributed by atoms with Gasteiger partial charge in [-0.3, -0.25) is 0 Å². The van der Waals surface area contributed by atoms with Gasteiger partial charge in [-0.1, -0.05) is 27.7 Å². The van der Waals surface area contributed by atoms with E-state index in [4.69, 9.17) is 7.48 Å². The second kappa shape index (κ2) is 4.19. The van der Waals surface area contributed by atoms with Gasteiger partial charge in [-0.05, 0) is 31.6 Å². The molecule has 0 aliphatic carbocycles. The summed E-state index contributed by atoms with van der Waals surface area (Å²) < 4.78 is 20.7. The van der Waals surface area contributed by atoms with Gasteiger partial charge in [-0.25, -0.2) is 0 Å². The number of hydrogen-bond donors (Lipinski definition) is 1. The molecule has 2 heteroatoms. The van der Waals surface area contributed by atoms with Crippen molar-refractivity contribution in [3.05, 3.63) is 0 Å². The van der Waals surface area contributed by atoms with Gasteiger partial charge in [0.15, 0.2) is 0 Å². The van der Waals surface area contributed by atoms with Crippen molar-refractivity contribution in [1.82, 2.24) is 0 Å². The highest BCUT2D eigenvalue weighted by Gasteiger charge is 2.37. The summed E-state index contributed by atoms with van der Waals surface area (Å²) in [5, 5.41) is 9.59. The molecule has 0 saturated heterocycles. The first kappa shape index (κ1) is 10.4. The second-order valence-electron chi connectivity index (χ2n) is 6.02. The maximum atomic E-state index is 9.59. The molecule has 0 spiro atoms. The molecule has 0 aromatic rings. The minimum Gasteiger partial charge on any atom is -0.396 e. The molecule has 0 aliphatic rings. The number of rotatable bonds is 4. The molecule has 2 nitrogen and oxygen atoms in total. The molecule has 0 heterocycles. The van der Waals surface area contributed by atoms with Crippen molar-refractivity contribution in [3.8, 4) is 0 Å². The molecule has 0 bridgehead atoms. The molecule has 0 aromatic carbocycles. The highest BCUT2D eigenvalue weighted by molar-refractivity contribution is 4.86. The highest BCUT2D eigenvalue weighted by Crippen LogP contribution is 2.38. The number of aliphatic hydroxyl groups is 1. The lowest BCUT2D eigenvalue weighted by Crippen LogP contribution is -2.41. The van der Waals surface area contributed by atoms with E-state index in [0.29, 0.717) is 6.61 Å². The van der Waals surface area contributed by atoms with Gasteiger partial charge in [0.1, 0.15) is 0 Å². The second-order valence-corrected chi connectivity index (χ2v) is 6.02. The Kier molecular flexibility index (Phi) is 3.13. The van der Waals surface area contributed by atoms with Gasteiger partial charge < -0.3 is 9.84 Å². The molecule has 0 amide bonds. The van der Waals surface area contributed by atoms with Crippen LogP contribution in [-0.2, 0) is 4.74 Å². The van der Waals surface area contributed by atoms with Gasteiger partial charge >= 0.3 is 0 Å². The van der Waals surface area contributed by atoms with Crippen molar-refractivity contribution in [2.24, 2.45) is 10.8 Å². The lowest BCUT2D eigenvalue weighted by molar-refractivity contribution is -0.0894. The zero-order chi connectivity index (χ0) is 13.4. The molecule has 1 N–H and O–H groups in total. The van der Waals surface area contributed by atoms with Gasteiger partial charge in [0.25, 0.3) is 0 Å². The fraction of sp³-hybridized carbons (Fsp3) is 1.00. The van der Waals surface area contributed by atoms with Crippen LogP contribution in [0.1, 0.15) is 51.2 Å². The monoisotopic (exact) mass is 204 g/mol. The lowest BCUT2D eigenvalue weighted by Gasteiger charge is -2.41.